The summed E-state index contributed by atoms with van der Waals surface area (Å²) < 4.78 is 14.2. The largest absolute Gasteiger partial charge is 0.391 e. The molecule has 0 amide bonds. The first-order chi connectivity index (χ1) is 10.1. The molecule has 1 saturated carbocycles. The number of hydrogen-bond donors (Lipinski definition) is 2. The van der Waals surface area contributed by atoms with Gasteiger partial charge in [-0.3, -0.25) is 4.90 Å². The molecule has 1 aromatic carbocycles. The fourth-order valence-electron chi connectivity index (χ4n) is 3.46. The maximum absolute atomic E-state index is 14.2. The molecular weight excluding hydrogens is 267 g/mol. The summed E-state index contributed by atoms with van der Waals surface area (Å²) >= 11 is 0. The van der Waals surface area contributed by atoms with E-state index in [1.165, 1.54) is 6.07 Å². The summed E-state index contributed by atoms with van der Waals surface area (Å²) in [7, 11) is 1.96. The molecule has 3 N–H and O–H groups in total. The number of aliphatic hydroxyl groups excluding tert-OH is 1. The molecule has 2 rings (SSSR count). The molecular formula is C17H27FN2O. The van der Waals surface area contributed by atoms with Gasteiger partial charge in [-0.25, -0.2) is 4.39 Å². The van der Waals surface area contributed by atoms with E-state index in [1.54, 1.807) is 12.1 Å². The van der Waals surface area contributed by atoms with E-state index < -0.39 is 0 Å². The molecule has 0 saturated heterocycles. The summed E-state index contributed by atoms with van der Waals surface area (Å²) in [4.78, 5) is 2.09. The standard InChI is InChI=1S/C17H27FN2O/c1-3-14(19)17(12-8-4-5-9-13(12)18)20(2)15-10-6-7-11-16(15)21/h4-5,8-9,14-17,21H,3,6-7,10-11,19H2,1-2H3. The van der Waals surface area contributed by atoms with E-state index in [2.05, 4.69) is 4.90 Å². The Hall–Kier alpha value is -0.970. The summed E-state index contributed by atoms with van der Waals surface area (Å²) in [6.45, 7) is 2.02. The number of hydrogen-bond acceptors (Lipinski definition) is 3. The second-order valence-electron chi connectivity index (χ2n) is 6.12. The minimum absolute atomic E-state index is 0.0564. The minimum atomic E-state index is -0.345. The highest BCUT2D eigenvalue weighted by Crippen LogP contribution is 2.32. The minimum Gasteiger partial charge on any atom is -0.391 e. The van der Waals surface area contributed by atoms with E-state index in [9.17, 15) is 9.50 Å². The van der Waals surface area contributed by atoms with Crippen molar-refractivity contribution in [1.82, 2.24) is 4.90 Å². The molecule has 0 aromatic heterocycles. The number of halogens is 1. The second-order valence-corrected chi connectivity index (χ2v) is 6.12. The first-order valence-electron chi connectivity index (χ1n) is 7.96. The van der Waals surface area contributed by atoms with Crippen LogP contribution in [0.25, 0.3) is 0 Å². The van der Waals surface area contributed by atoms with Crippen molar-refractivity contribution in [3.8, 4) is 0 Å². The normalized spacial score (nSPS) is 25.8. The van der Waals surface area contributed by atoms with Gasteiger partial charge in [-0.1, -0.05) is 38.0 Å². The Balaban J connectivity index is 2.29. The Morgan fingerprint density at radius 1 is 1.33 bits per heavy atom. The highest BCUT2D eigenvalue weighted by molar-refractivity contribution is 5.23. The Kier molecular flexibility index (Phi) is 5.73. The molecule has 3 nitrogen and oxygen atoms in total. The topological polar surface area (TPSA) is 49.5 Å². The second kappa shape index (κ2) is 7.34. The molecule has 0 spiro atoms. The van der Waals surface area contributed by atoms with Crippen LogP contribution in [0.3, 0.4) is 0 Å². The quantitative estimate of drug-likeness (QED) is 0.878. The van der Waals surface area contributed by atoms with E-state index in [0.29, 0.717) is 5.56 Å². The van der Waals surface area contributed by atoms with Crippen molar-refractivity contribution in [2.75, 3.05) is 7.05 Å². The Labute approximate surface area is 126 Å². The predicted molar refractivity (Wildman–Crippen MR) is 83.4 cm³/mol. The van der Waals surface area contributed by atoms with Gasteiger partial charge in [-0.05, 0) is 32.4 Å². The Morgan fingerprint density at radius 3 is 2.62 bits per heavy atom. The highest BCUT2D eigenvalue weighted by Gasteiger charge is 2.34. The van der Waals surface area contributed by atoms with Crippen molar-refractivity contribution >= 4 is 0 Å². The number of aliphatic hydroxyl groups is 1. The van der Waals surface area contributed by atoms with Gasteiger partial charge < -0.3 is 10.8 Å². The fourth-order valence-corrected chi connectivity index (χ4v) is 3.46. The molecule has 4 unspecified atom stereocenters. The zero-order chi connectivity index (χ0) is 15.4. The van der Waals surface area contributed by atoms with E-state index in [0.717, 1.165) is 32.1 Å². The van der Waals surface area contributed by atoms with Crippen molar-refractivity contribution in [2.24, 2.45) is 5.73 Å². The lowest BCUT2D eigenvalue weighted by Gasteiger charge is -2.42. The van der Waals surface area contributed by atoms with Crippen molar-refractivity contribution in [1.29, 1.82) is 0 Å². The fraction of sp³-hybridized carbons (Fsp3) is 0.647. The van der Waals surface area contributed by atoms with Crippen LogP contribution in [0.15, 0.2) is 24.3 Å². The summed E-state index contributed by atoms with van der Waals surface area (Å²) in [6.07, 6.45) is 4.36. The third-order valence-corrected chi connectivity index (χ3v) is 4.76. The molecule has 1 aliphatic rings. The van der Waals surface area contributed by atoms with Crippen LogP contribution in [0.4, 0.5) is 4.39 Å². The van der Waals surface area contributed by atoms with Gasteiger partial charge in [0.2, 0.25) is 0 Å². The monoisotopic (exact) mass is 294 g/mol. The van der Waals surface area contributed by atoms with Crippen molar-refractivity contribution < 1.29 is 9.50 Å². The maximum Gasteiger partial charge on any atom is 0.128 e. The van der Waals surface area contributed by atoms with Crippen LogP contribution in [-0.4, -0.2) is 35.2 Å². The average molecular weight is 294 g/mol. The van der Waals surface area contributed by atoms with Gasteiger partial charge in [0.25, 0.3) is 0 Å². The average Bonchev–Trinajstić information content (AvgIpc) is 2.49. The van der Waals surface area contributed by atoms with Crippen LogP contribution in [0.1, 0.15) is 50.6 Å². The first-order valence-corrected chi connectivity index (χ1v) is 7.96. The Morgan fingerprint density at radius 2 is 2.00 bits per heavy atom. The molecule has 0 bridgehead atoms. The van der Waals surface area contributed by atoms with Gasteiger partial charge in [-0.15, -0.1) is 0 Å². The zero-order valence-corrected chi connectivity index (χ0v) is 13.0. The van der Waals surface area contributed by atoms with Gasteiger partial charge in [0.15, 0.2) is 0 Å². The van der Waals surface area contributed by atoms with Gasteiger partial charge in [0.05, 0.1) is 12.1 Å². The third kappa shape index (κ3) is 3.62. The number of likely N-dealkylation sites (N-methyl/N-ethyl adjacent to an activating group) is 1. The number of rotatable bonds is 5. The Bertz CT molecular complexity index is 454. The number of nitrogens with two attached hydrogens (primary N) is 1. The van der Waals surface area contributed by atoms with Crippen LogP contribution in [-0.2, 0) is 0 Å². The van der Waals surface area contributed by atoms with Crippen LogP contribution in [0.2, 0.25) is 0 Å². The van der Waals surface area contributed by atoms with Gasteiger partial charge in [0, 0.05) is 17.6 Å². The highest BCUT2D eigenvalue weighted by atomic mass is 19.1. The lowest BCUT2D eigenvalue weighted by Crippen LogP contribution is -2.49. The van der Waals surface area contributed by atoms with Gasteiger partial charge in [0.1, 0.15) is 5.82 Å². The summed E-state index contributed by atoms with van der Waals surface area (Å²) in [5.41, 5.74) is 6.91. The smallest absolute Gasteiger partial charge is 0.128 e. The van der Waals surface area contributed by atoms with Crippen LogP contribution in [0, 0.1) is 5.82 Å². The molecule has 4 atom stereocenters. The SMILES string of the molecule is CCC(N)C(c1ccccc1F)N(C)C1CCCCC1O. The molecule has 1 aromatic rings. The lowest BCUT2D eigenvalue weighted by atomic mass is 9.88. The predicted octanol–water partition coefficient (Wildman–Crippen LogP) is 2.84. The molecule has 118 valence electrons. The molecule has 21 heavy (non-hydrogen) atoms. The van der Waals surface area contributed by atoms with E-state index in [4.69, 9.17) is 5.73 Å². The maximum atomic E-state index is 14.2. The molecule has 0 heterocycles. The number of benzene rings is 1. The first kappa shape index (κ1) is 16.4. The number of nitrogens with zero attached hydrogens (tertiary/aromatic N) is 1. The van der Waals surface area contributed by atoms with Crippen LogP contribution >= 0.6 is 0 Å². The van der Waals surface area contributed by atoms with Gasteiger partial charge in [-0.2, -0.15) is 0 Å². The van der Waals surface area contributed by atoms with E-state index >= 15 is 0 Å². The van der Waals surface area contributed by atoms with Crippen LogP contribution < -0.4 is 5.73 Å². The molecule has 1 aliphatic carbocycles. The van der Waals surface area contributed by atoms with Crippen molar-refractivity contribution in [3.63, 3.8) is 0 Å². The van der Waals surface area contributed by atoms with Gasteiger partial charge >= 0.3 is 0 Å². The summed E-state index contributed by atoms with van der Waals surface area (Å²) in [6, 6.07) is 6.54. The van der Waals surface area contributed by atoms with Crippen molar-refractivity contribution in [2.45, 2.75) is 63.3 Å². The van der Waals surface area contributed by atoms with E-state index in [-0.39, 0.29) is 30.0 Å². The molecule has 4 heteroatoms. The molecule has 0 aliphatic heterocycles. The lowest BCUT2D eigenvalue weighted by molar-refractivity contribution is 0.00570. The molecule has 0 radical (unpaired) electrons. The van der Waals surface area contributed by atoms with Crippen molar-refractivity contribution in [3.05, 3.63) is 35.6 Å². The molecule has 1 fully saturated rings. The third-order valence-electron chi connectivity index (χ3n) is 4.76. The summed E-state index contributed by atoms with van der Waals surface area (Å²) in [5, 5.41) is 10.3. The van der Waals surface area contributed by atoms with Crippen LogP contribution in [0.5, 0.6) is 0 Å². The van der Waals surface area contributed by atoms with E-state index in [1.807, 2.05) is 20.0 Å². The summed E-state index contributed by atoms with van der Waals surface area (Å²) in [5.74, 6) is -0.219. The zero-order valence-electron chi connectivity index (χ0n) is 13.0.